The first-order valence-electron chi connectivity index (χ1n) is 11.6. The second-order valence-electron chi connectivity index (χ2n) is 8.22. The molecule has 0 N–H and O–H groups in total. The van der Waals surface area contributed by atoms with Gasteiger partial charge in [0.05, 0.1) is 53.2 Å². The van der Waals surface area contributed by atoms with Gasteiger partial charge in [0, 0.05) is 23.1 Å². The average Bonchev–Trinajstić information content (AvgIpc) is 3.43. The Hall–Kier alpha value is -3.64. The molecule has 4 aromatic rings. The summed E-state index contributed by atoms with van der Waals surface area (Å²) in [5.74, 6) is -0.243. The Bertz CT molecular complexity index is 1560. The van der Waals surface area contributed by atoms with Crippen LogP contribution in [0.2, 0.25) is 0 Å². The van der Waals surface area contributed by atoms with E-state index in [0.717, 1.165) is 11.7 Å². The van der Waals surface area contributed by atoms with Crippen molar-refractivity contribution in [2.45, 2.75) is 6.42 Å². The fourth-order valence-corrected chi connectivity index (χ4v) is 4.75. The maximum absolute atomic E-state index is 14.0. The third kappa shape index (κ3) is 6.23. The number of ketones is 1. The molecule has 202 valence electrons. The molecule has 0 aliphatic rings. The van der Waals surface area contributed by atoms with Crippen LogP contribution in [0.5, 0.6) is 28.7 Å². The summed E-state index contributed by atoms with van der Waals surface area (Å²) < 4.78 is 35.3. The minimum absolute atomic E-state index is 0. The monoisotopic (exact) mass is 572 g/mol. The van der Waals surface area contributed by atoms with Crippen LogP contribution in [-0.4, -0.2) is 56.0 Å². The number of nitrogens with zero attached hydrogens (tertiary/aromatic N) is 2. The number of fused-ring (bicyclic) bond motifs is 1. The SMILES string of the molecule is COc1ccc(C(=O)C(Cc2cc(OC)c(OC)c(OC)c2)=C(C(=O)[O-])c2ccc3nsnc3c2)cc1OC.[Na+]. The van der Waals surface area contributed by atoms with Crippen molar-refractivity contribution in [2.24, 2.45) is 0 Å². The van der Waals surface area contributed by atoms with Crippen molar-refractivity contribution in [3.63, 3.8) is 0 Å². The molecule has 0 amide bonds. The summed E-state index contributed by atoms with van der Waals surface area (Å²) in [5, 5.41) is 12.6. The Balaban J connectivity index is 0.00000441. The molecule has 0 fully saturated rings. The van der Waals surface area contributed by atoms with E-state index < -0.39 is 11.8 Å². The third-order valence-electron chi connectivity index (χ3n) is 6.07. The molecule has 0 spiro atoms. The first kappa shape index (κ1) is 30.9. The minimum Gasteiger partial charge on any atom is -0.545 e. The van der Waals surface area contributed by atoms with Gasteiger partial charge in [0.15, 0.2) is 28.8 Å². The topological polar surface area (TPSA) is 129 Å². The van der Waals surface area contributed by atoms with Gasteiger partial charge in [-0.2, -0.15) is 8.75 Å². The van der Waals surface area contributed by atoms with Crippen molar-refractivity contribution in [1.29, 1.82) is 0 Å². The number of carboxylic acids is 1. The number of Topliss-reactive ketones (excluding diaryl/α,β-unsaturated/α-hetero) is 1. The Labute approximate surface area is 257 Å². The van der Waals surface area contributed by atoms with Crippen LogP contribution in [0.15, 0.2) is 54.1 Å². The van der Waals surface area contributed by atoms with Crippen molar-refractivity contribution in [3.8, 4) is 28.7 Å². The van der Waals surface area contributed by atoms with Gasteiger partial charge in [-0.15, -0.1) is 0 Å². The molecule has 3 aromatic carbocycles. The van der Waals surface area contributed by atoms with Gasteiger partial charge in [0.25, 0.3) is 0 Å². The van der Waals surface area contributed by atoms with Gasteiger partial charge < -0.3 is 33.6 Å². The number of carbonyl (C=O) groups is 2. The zero-order valence-corrected chi connectivity index (χ0v) is 25.7. The van der Waals surface area contributed by atoms with Crippen LogP contribution in [0.4, 0.5) is 0 Å². The van der Waals surface area contributed by atoms with Crippen molar-refractivity contribution < 1.29 is 67.9 Å². The number of hydrogen-bond acceptors (Lipinski definition) is 11. The minimum atomic E-state index is -1.52. The van der Waals surface area contributed by atoms with Gasteiger partial charge in [-0.25, -0.2) is 0 Å². The fraction of sp³-hybridized carbons (Fsp3) is 0.214. The van der Waals surface area contributed by atoms with E-state index in [1.165, 1.54) is 41.6 Å². The van der Waals surface area contributed by atoms with E-state index in [9.17, 15) is 14.7 Å². The zero-order chi connectivity index (χ0) is 28.1. The number of carbonyl (C=O) groups excluding carboxylic acids is 2. The van der Waals surface area contributed by atoms with Crippen molar-refractivity contribution in [2.75, 3.05) is 35.5 Å². The number of benzene rings is 3. The Kier molecular flexibility index (Phi) is 10.5. The summed E-state index contributed by atoms with van der Waals surface area (Å²) >= 11 is 1.00. The number of carboxylic acid groups (broad SMARTS) is 1. The molecule has 1 aromatic heterocycles. The van der Waals surface area contributed by atoms with Crippen LogP contribution in [0.25, 0.3) is 16.6 Å². The number of methoxy groups -OCH3 is 5. The smallest absolute Gasteiger partial charge is 0.545 e. The largest absolute Gasteiger partial charge is 1.00 e. The van der Waals surface area contributed by atoms with Crippen LogP contribution in [0.1, 0.15) is 21.5 Å². The zero-order valence-electron chi connectivity index (χ0n) is 22.9. The van der Waals surface area contributed by atoms with E-state index >= 15 is 0 Å². The van der Waals surface area contributed by atoms with E-state index in [4.69, 9.17) is 23.7 Å². The van der Waals surface area contributed by atoms with Crippen LogP contribution in [-0.2, 0) is 11.2 Å². The van der Waals surface area contributed by atoms with Gasteiger partial charge in [0.2, 0.25) is 5.75 Å². The summed E-state index contributed by atoms with van der Waals surface area (Å²) in [6, 6.07) is 12.7. The van der Waals surface area contributed by atoms with Crippen LogP contribution < -0.4 is 58.3 Å². The molecule has 10 nitrogen and oxygen atoms in total. The number of rotatable bonds is 11. The van der Waals surface area contributed by atoms with Gasteiger partial charge >= 0.3 is 29.6 Å². The summed E-state index contributed by atoms with van der Waals surface area (Å²) in [6.45, 7) is 0. The number of aliphatic carboxylic acids is 1. The predicted molar refractivity (Wildman–Crippen MR) is 143 cm³/mol. The Morgan fingerprint density at radius 3 is 1.90 bits per heavy atom. The van der Waals surface area contributed by atoms with Crippen molar-refractivity contribution in [1.82, 2.24) is 8.75 Å². The van der Waals surface area contributed by atoms with Crippen LogP contribution in [0.3, 0.4) is 0 Å². The van der Waals surface area contributed by atoms with Gasteiger partial charge in [-0.1, -0.05) is 6.07 Å². The molecular weight excluding hydrogens is 547 g/mol. The molecule has 0 saturated carbocycles. The summed E-state index contributed by atoms with van der Waals surface area (Å²) in [5.41, 5.74) is 1.80. The van der Waals surface area contributed by atoms with Crippen molar-refractivity contribution in [3.05, 3.63) is 70.8 Å². The van der Waals surface area contributed by atoms with Crippen LogP contribution in [0, 0.1) is 0 Å². The molecule has 0 aliphatic heterocycles. The molecule has 0 saturated heterocycles. The Morgan fingerprint density at radius 2 is 1.32 bits per heavy atom. The fourth-order valence-electron chi connectivity index (χ4n) is 4.23. The number of aromatic nitrogens is 2. The number of allylic oxidation sites excluding steroid dienone is 1. The predicted octanol–water partition coefficient (Wildman–Crippen LogP) is 0.367. The maximum atomic E-state index is 14.0. The molecule has 0 atom stereocenters. The summed E-state index contributed by atoms with van der Waals surface area (Å²) in [6.07, 6.45) is -0.0967. The molecule has 40 heavy (non-hydrogen) atoms. The third-order valence-corrected chi connectivity index (χ3v) is 6.63. The summed E-state index contributed by atoms with van der Waals surface area (Å²) in [7, 11) is 7.34. The van der Waals surface area contributed by atoms with E-state index in [1.54, 1.807) is 42.5 Å². The Morgan fingerprint density at radius 1 is 0.725 bits per heavy atom. The van der Waals surface area contributed by atoms with Gasteiger partial charge in [-0.05, 0) is 53.6 Å². The summed E-state index contributed by atoms with van der Waals surface area (Å²) in [4.78, 5) is 26.7. The molecule has 0 radical (unpaired) electrons. The molecule has 0 bridgehead atoms. The molecule has 0 aliphatic carbocycles. The second kappa shape index (κ2) is 13.6. The quantitative estimate of drug-likeness (QED) is 0.141. The first-order chi connectivity index (χ1) is 18.8. The number of ether oxygens (including phenoxy) is 5. The number of hydrogen-bond donors (Lipinski definition) is 0. The van der Waals surface area contributed by atoms with Crippen LogP contribution >= 0.6 is 11.7 Å². The molecule has 0 unspecified atom stereocenters. The second-order valence-corrected chi connectivity index (χ2v) is 8.75. The van der Waals surface area contributed by atoms with Gasteiger partial charge in [-0.3, -0.25) is 4.79 Å². The van der Waals surface area contributed by atoms with E-state index in [1.807, 2.05) is 0 Å². The first-order valence-corrected chi connectivity index (χ1v) is 12.3. The van der Waals surface area contributed by atoms with Gasteiger partial charge in [0.1, 0.15) is 11.0 Å². The maximum Gasteiger partial charge on any atom is 1.00 e. The van der Waals surface area contributed by atoms with E-state index in [0.29, 0.717) is 45.3 Å². The standard InChI is InChI=1S/C28H26N2O8S.Na/c1-34-21-9-7-17(14-22(21)35-2)26(31)18(10-15-11-23(36-3)27(38-5)24(12-15)37-4)25(28(32)33)16-6-8-19-20(13-16)30-39-29-19;/h6-9,11-14H,10H2,1-5H3,(H,32,33);/q;+1/p-1. The average molecular weight is 573 g/mol. The molecular formula is C28H25N2NaO8S. The van der Waals surface area contributed by atoms with E-state index in [-0.39, 0.29) is 58.3 Å². The molecule has 12 heteroatoms. The normalized spacial score (nSPS) is 11.2. The van der Waals surface area contributed by atoms with Crippen molar-refractivity contribution >= 4 is 40.1 Å². The molecule has 4 rings (SSSR count). The van der Waals surface area contributed by atoms with E-state index in [2.05, 4.69) is 8.75 Å². The molecule has 1 heterocycles.